The van der Waals surface area contributed by atoms with Gasteiger partial charge in [0.05, 0.1) is 42.4 Å². The Morgan fingerprint density at radius 2 is 1.94 bits per heavy atom. The lowest BCUT2D eigenvalue weighted by atomic mass is 9.66. The smallest absolute Gasteiger partial charge is 0.244 e. The predicted octanol–water partition coefficient (Wildman–Crippen LogP) is 0.792. The van der Waals surface area contributed by atoms with Gasteiger partial charge in [0.15, 0.2) is 0 Å². The van der Waals surface area contributed by atoms with Crippen LogP contribution in [0.15, 0.2) is 30.3 Å². The highest BCUT2D eigenvalue weighted by molar-refractivity contribution is 8.02. The molecule has 3 N–H and O–H groups in total. The number of morpholine rings is 1. The third-order valence-electron chi connectivity index (χ3n) is 8.35. The molecule has 1 spiro atoms. The largest absolute Gasteiger partial charge is 0.394 e. The number of anilines is 1. The van der Waals surface area contributed by atoms with Crippen molar-refractivity contribution in [3.63, 3.8) is 0 Å². The lowest BCUT2D eigenvalue weighted by Crippen LogP contribution is -2.58. The molecule has 10 heteroatoms. The quantitative estimate of drug-likeness (QED) is 0.469. The van der Waals surface area contributed by atoms with Gasteiger partial charge in [0.1, 0.15) is 6.04 Å². The Hall–Kier alpha value is -2.14. The number of nitrogens with zero attached hydrogens (tertiary/aromatic N) is 2. The number of carbonyl (C=O) groups is 3. The van der Waals surface area contributed by atoms with Crippen molar-refractivity contribution in [1.82, 2.24) is 15.1 Å². The van der Waals surface area contributed by atoms with E-state index in [-0.39, 0.29) is 35.5 Å². The summed E-state index contributed by atoms with van der Waals surface area (Å²) in [6, 6.07) is 8.03. The number of aliphatic hydroxyl groups is 1. The molecule has 0 radical (unpaired) electrons. The number of benzene rings is 1. The van der Waals surface area contributed by atoms with Gasteiger partial charge in [0.25, 0.3) is 0 Å². The molecule has 4 aliphatic rings. The van der Waals surface area contributed by atoms with Gasteiger partial charge in [-0.2, -0.15) is 0 Å². The Morgan fingerprint density at radius 3 is 2.64 bits per heavy atom. The second-order valence-corrected chi connectivity index (χ2v) is 12.0. The normalized spacial score (nSPS) is 34.5. The molecular weight excluding hydrogens is 480 g/mol. The number of ether oxygens (including phenoxy) is 1. The van der Waals surface area contributed by atoms with Crippen molar-refractivity contribution < 1.29 is 24.2 Å². The number of rotatable bonds is 8. The fourth-order valence-corrected chi connectivity index (χ4v) is 9.04. The number of fused-ring (bicyclic) bond motifs is 1. The highest BCUT2D eigenvalue weighted by Crippen LogP contribution is 2.68. The van der Waals surface area contributed by atoms with Crippen LogP contribution >= 0.6 is 11.8 Å². The molecule has 0 aromatic heterocycles. The summed E-state index contributed by atoms with van der Waals surface area (Å²) in [5.41, 5.74) is 0.695. The number of amides is 3. The second-order valence-electron chi connectivity index (χ2n) is 10.4. The van der Waals surface area contributed by atoms with Gasteiger partial charge < -0.3 is 25.4 Å². The fourth-order valence-electron chi connectivity index (χ4n) is 6.63. The molecule has 36 heavy (non-hydrogen) atoms. The molecule has 0 aliphatic carbocycles. The van der Waals surface area contributed by atoms with Crippen LogP contribution in [0.1, 0.15) is 20.3 Å². The molecule has 4 aliphatic heterocycles. The highest BCUT2D eigenvalue weighted by atomic mass is 32.2. The van der Waals surface area contributed by atoms with Gasteiger partial charge in [-0.15, -0.1) is 11.8 Å². The summed E-state index contributed by atoms with van der Waals surface area (Å²) in [4.78, 5) is 45.0. The maximum absolute atomic E-state index is 13.9. The van der Waals surface area contributed by atoms with Crippen molar-refractivity contribution >= 4 is 35.2 Å². The first-order valence-electron chi connectivity index (χ1n) is 12.9. The average molecular weight is 517 g/mol. The summed E-state index contributed by atoms with van der Waals surface area (Å²) in [6.07, 6.45) is 0.778. The van der Waals surface area contributed by atoms with Gasteiger partial charge in [0.2, 0.25) is 17.7 Å². The van der Waals surface area contributed by atoms with E-state index in [1.54, 1.807) is 23.6 Å². The van der Waals surface area contributed by atoms with E-state index in [1.807, 2.05) is 30.3 Å². The molecule has 1 aromatic rings. The molecule has 9 nitrogen and oxygen atoms in total. The van der Waals surface area contributed by atoms with Crippen LogP contribution in [0.2, 0.25) is 0 Å². The monoisotopic (exact) mass is 516 g/mol. The second kappa shape index (κ2) is 10.3. The molecule has 1 aromatic carbocycles. The Kier molecular flexibility index (Phi) is 7.31. The van der Waals surface area contributed by atoms with E-state index in [0.29, 0.717) is 25.4 Å². The number of aliphatic hydroxyl groups excluding tert-OH is 1. The Morgan fingerprint density at radius 1 is 1.22 bits per heavy atom. The SMILES string of the molecule is CC1C[C@H]2SC13C(C(=O)NCCN1CCOCC1)N([C@H](C)CO)C(=O)[C@@H]3[C@H]2C(=O)Nc1ccccc1. The van der Waals surface area contributed by atoms with Gasteiger partial charge in [-0.05, 0) is 31.4 Å². The Labute approximate surface area is 216 Å². The van der Waals surface area contributed by atoms with Crippen LogP contribution in [0, 0.1) is 17.8 Å². The molecular formula is C26H36N4O5S. The van der Waals surface area contributed by atoms with Crippen LogP contribution in [0.5, 0.6) is 0 Å². The van der Waals surface area contributed by atoms with Crippen molar-refractivity contribution in [2.45, 2.75) is 42.3 Å². The Balaban J connectivity index is 1.39. The van der Waals surface area contributed by atoms with E-state index in [4.69, 9.17) is 4.74 Å². The summed E-state index contributed by atoms with van der Waals surface area (Å²) in [7, 11) is 0. The zero-order valence-corrected chi connectivity index (χ0v) is 21.7. The van der Waals surface area contributed by atoms with Crippen LogP contribution in [-0.2, 0) is 19.1 Å². The first-order chi connectivity index (χ1) is 17.4. The number of hydrogen-bond acceptors (Lipinski definition) is 7. The van der Waals surface area contributed by atoms with Crippen molar-refractivity contribution in [1.29, 1.82) is 0 Å². The molecule has 2 bridgehead atoms. The van der Waals surface area contributed by atoms with Crippen LogP contribution in [0.25, 0.3) is 0 Å². The van der Waals surface area contributed by atoms with Crippen LogP contribution in [0.4, 0.5) is 5.69 Å². The number of likely N-dealkylation sites (tertiary alicyclic amines) is 1. The third kappa shape index (κ3) is 4.21. The molecule has 3 unspecified atom stereocenters. The van der Waals surface area contributed by atoms with Crippen LogP contribution < -0.4 is 10.6 Å². The van der Waals surface area contributed by atoms with Crippen LogP contribution in [-0.4, -0.2) is 101 Å². The fraction of sp³-hybridized carbons (Fsp3) is 0.654. The lowest BCUT2D eigenvalue weighted by molar-refractivity contribution is -0.141. The predicted molar refractivity (Wildman–Crippen MR) is 137 cm³/mol. The average Bonchev–Trinajstić information content (AvgIpc) is 3.48. The summed E-state index contributed by atoms with van der Waals surface area (Å²) >= 11 is 1.65. The number of carbonyl (C=O) groups excluding carboxylic acids is 3. The van der Waals surface area contributed by atoms with Crippen molar-refractivity contribution in [2.24, 2.45) is 17.8 Å². The maximum Gasteiger partial charge on any atom is 0.244 e. The van der Waals surface area contributed by atoms with E-state index >= 15 is 0 Å². The summed E-state index contributed by atoms with van der Waals surface area (Å²) in [5.74, 6) is -1.57. The minimum absolute atomic E-state index is 0.0205. The van der Waals surface area contributed by atoms with Crippen molar-refractivity contribution in [3.8, 4) is 0 Å². The standard InChI is InChI=1S/C26H36N4O5S/c1-16-14-19-20(23(32)28-18-6-4-3-5-7-18)21-25(34)30(17(2)15-31)22(26(16,21)36-19)24(33)27-8-9-29-10-12-35-13-11-29/h3-7,16-17,19-22,31H,8-15H2,1-2H3,(H,27,33)(H,28,32)/t16?,17-,19-,20+,21+,22?,26?/m1/s1. The topological polar surface area (TPSA) is 111 Å². The van der Waals surface area contributed by atoms with Crippen molar-refractivity contribution in [2.75, 3.05) is 51.3 Å². The number of para-hydroxylation sites is 1. The summed E-state index contributed by atoms with van der Waals surface area (Å²) in [6.45, 7) is 7.88. The van der Waals surface area contributed by atoms with Gasteiger partial charge in [-0.1, -0.05) is 25.1 Å². The molecule has 0 saturated carbocycles. The lowest BCUT2D eigenvalue weighted by Gasteiger charge is -2.39. The van der Waals surface area contributed by atoms with Gasteiger partial charge >= 0.3 is 0 Å². The molecule has 5 rings (SSSR count). The van der Waals surface area contributed by atoms with E-state index in [1.165, 1.54) is 0 Å². The highest BCUT2D eigenvalue weighted by Gasteiger charge is 2.76. The summed E-state index contributed by atoms with van der Waals surface area (Å²) < 4.78 is 4.71. The van der Waals surface area contributed by atoms with Gasteiger partial charge in [-0.25, -0.2) is 0 Å². The van der Waals surface area contributed by atoms with E-state index in [0.717, 1.165) is 26.1 Å². The van der Waals surface area contributed by atoms with Gasteiger partial charge in [0, 0.05) is 37.1 Å². The number of thioether (sulfide) groups is 1. The molecule has 4 fully saturated rings. The first kappa shape index (κ1) is 25.5. The third-order valence-corrected chi connectivity index (χ3v) is 10.4. The van der Waals surface area contributed by atoms with E-state index in [9.17, 15) is 19.5 Å². The number of hydrogen-bond donors (Lipinski definition) is 3. The minimum Gasteiger partial charge on any atom is -0.394 e. The number of nitrogens with one attached hydrogen (secondary N) is 2. The van der Waals surface area contributed by atoms with Crippen molar-refractivity contribution in [3.05, 3.63) is 30.3 Å². The molecule has 4 heterocycles. The first-order valence-corrected chi connectivity index (χ1v) is 13.8. The zero-order valence-electron chi connectivity index (χ0n) is 20.9. The molecule has 7 atom stereocenters. The Bertz CT molecular complexity index is 990. The van der Waals surface area contributed by atoms with Gasteiger partial charge in [-0.3, -0.25) is 19.3 Å². The molecule has 3 amide bonds. The zero-order chi connectivity index (χ0) is 25.4. The minimum atomic E-state index is -0.721. The van der Waals surface area contributed by atoms with E-state index in [2.05, 4.69) is 22.5 Å². The van der Waals surface area contributed by atoms with E-state index < -0.39 is 28.7 Å². The maximum atomic E-state index is 13.9. The molecule has 196 valence electrons. The molecule has 4 saturated heterocycles. The van der Waals surface area contributed by atoms with Crippen LogP contribution in [0.3, 0.4) is 0 Å². The summed E-state index contributed by atoms with van der Waals surface area (Å²) in [5, 5.41) is 16.1.